The molecule has 0 bridgehead atoms. The lowest BCUT2D eigenvalue weighted by atomic mass is 9.93. The van der Waals surface area contributed by atoms with Gasteiger partial charge in [-0.15, -0.1) is 0 Å². The van der Waals surface area contributed by atoms with Gasteiger partial charge in [-0.2, -0.15) is 0 Å². The molecule has 0 aliphatic heterocycles. The third kappa shape index (κ3) is 6.26. The summed E-state index contributed by atoms with van der Waals surface area (Å²) in [6.07, 6.45) is 3.57. The van der Waals surface area contributed by atoms with E-state index in [0.717, 1.165) is 5.56 Å². The predicted molar refractivity (Wildman–Crippen MR) is 81.4 cm³/mol. The van der Waals surface area contributed by atoms with E-state index in [1.54, 1.807) is 24.3 Å². The van der Waals surface area contributed by atoms with Crippen LogP contribution in [0.3, 0.4) is 0 Å². The molecule has 2 atom stereocenters. The maximum Gasteiger partial charge on any atom is 0.267 e. The molecule has 1 amide bonds. The zero-order valence-electron chi connectivity index (χ0n) is 12.6. The van der Waals surface area contributed by atoms with Crippen LogP contribution in [-0.2, 0) is 4.79 Å². The Hall–Kier alpha value is -1.89. The average Bonchev–Trinajstić information content (AvgIpc) is 2.55. The first-order valence-electron chi connectivity index (χ1n) is 7.20. The second-order valence-corrected chi connectivity index (χ2v) is 5.02. The van der Waals surface area contributed by atoms with E-state index in [0.29, 0.717) is 18.6 Å². The van der Waals surface area contributed by atoms with Gasteiger partial charge in [0.15, 0.2) is 0 Å². The van der Waals surface area contributed by atoms with E-state index in [4.69, 9.17) is 15.1 Å². The van der Waals surface area contributed by atoms with Crippen molar-refractivity contribution in [3.05, 3.63) is 42.0 Å². The Labute approximate surface area is 130 Å². The van der Waals surface area contributed by atoms with Crippen molar-refractivity contribution in [2.45, 2.75) is 25.9 Å². The molecule has 0 radical (unpaired) electrons. The number of aliphatic hydroxyl groups is 2. The van der Waals surface area contributed by atoms with E-state index < -0.39 is 12.0 Å². The summed E-state index contributed by atoms with van der Waals surface area (Å²) < 4.78 is 5.32. The number of rotatable bonds is 9. The molecule has 6 heteroatoms. The number of benzene rings is 1. The smallest absolute Gasteiger partial charge is 0.267 e. The minimum absolute atomic E-state index is 0.00469. The fourth-order valence-corrected chi connectivity index (χ4v) is 2.02. The molecule has 1 rings (SSSR count). The standard InChI is InChI=1S/C16H23NO5/c1-12(5-2-3-8-15(19)17-21)16(20)13-6-4-7-14(11-13)22-10-9-18/h3-4,6-8,11-12,16,18,20-21H,2,5,9-10H2,1H3,(H,17,19)/b8-3+/t12-,16-/m1/s1. The van der Waals surface area contributed by atoms with Crippen molar-refractivity contribution < 1.29 is 25.0 Å². The second kappa shape index (κ2) is 9.94. The first-order chi connectivity index (χ1) is 10.6. The van der Waals surface area contributed by atoms with Gasteiger partial charge in [0.2, 0.25) is 0 Å². The zero-order chi connectivity index (χ0) is 16.4. The van der Waals surface area contributed by atoms with E-state index in [1.807, 2.05) is 13.0 Å². The van der Waals surface area contributed by atoms with Gasteiger partial charge in [-0.05, 0) is 36.5 Å². The summed E-state index contributed by atoms with van der Waals surface area (Å²) in [5.41, 5.74) is 2.27. The Morgan fingerprint density at radius 1 is 1.45 bits per heavy atom. The summed E-state index contributed by atoms with van der Waals surface area (Å²) >= 11 is 0. The number of aliphatic hydroxyl groups excluding tert-OH is 2. The van der Waals surface area contributed by atoms with Crippen LogP contribution in [0.25, 0.3) is 0 Å². The number of hydrogen-bond donors (Lipinski definition) is 4. The fraction of sp³-hybridized carbons (Fsp3) is 0.438. The van der Waals surface area contributed by atoms with Crippen molar-refractivity contribution in [1.82, 2.24) is 5.48 Å². The first kappa shape index (κ1) is 18.2. The molecule has 0 aliphatic rings. The number of carbonyl (C=O) groups is 1. The van der Waals surface area contributed by atoms with Gasteiger partial charge in [0.1, 0.15) is 12.4 Å². The van der Waals surface area contributed by atoms with Gasteiger partial charge in [0, 0.05) is 6.08 Å². The maximum absolute atomic E-state index is 10.8. The molecule has 0 saturated heterocycles. The first-order valence-corrected chi connectivity index (χ1v) is 7.20. The summed E-state index contributed by atoms with van der Waals surface area (Å²) in [6, 6.07) is 7.14. The highest BCUT2D eigenvalue weighted by Crippen LogP contribution is 2.27. The van der Waals surface area contributed by atoms with Crippen LogP contribution >= 0.6 is 0 Å². The van der Waals surface area contributed by atoms with Gasteiger partial charge in [0.25, 0.3) is 5.91 Å². The van der Waals surface area contributed by atoms with E-state index >= 15 is 0 Å². The van der Waals surface area contributed by atoms with Crippen molar-refractivity contribution in [3.8, 4) is 5.75 Å². The fourth-order valence-electron chi connectivity index (χ4n) is 2.02. The molecular formula is C16H23NO5. The minimum Gasteiger partial charge on any atom is -0.491 e. The number of nitrogens with one attached hydrogen (secondary N) is 1. The van der Waals surface area contributed by atoms with Crippen molar-refractivity contribution in [1.29, 1.82) is 0 Å². The molecule has 122 valence electrons. The molecule has 0 heterocycles. The molecule has 0 aliphatic carbocycles. The van der Waals surface area contributed by atoms with Crippen LogP contribution in [0.4, 0.5) is 0 Å². The van der Waals surface area contributed by atoms with E-state index in [1.165, 1.54) is 11.6 Å². The highest BCUT2D eigenvalue weighted by atomic mass is 16.5. The van der Waals surface area contributed by atoms with Crippen LogP contribution in [0.1, 0.15) is 31.4 Å². The summed E-state index contributed by atoms with van der Waals surface area (Å²) in [5, 5.41) is 27.4. The predicted octanol–water partition coefficient (Wildman–Crippen LogP) is 1.57. The Morgan fingerprint density at radius 2 is 2.23 bits per heavy atom. The molecule has 4 N–H and O–H groups in total. The molecule has 0 aromatic heterocycles. The van der Waals surface area contributed by atoms with Gasteiger partial charge in [0.05, 0.1) is 12.7 Å². The summed E-state index contributed by atoms with van der Waals surface area (Å²) in [7, 11) is 0. The quantitative estimate of drug-likeness (QED) is 0.315. The molecule has 0 fully saturated rings. The SMILES string of the molecule is C[C@H](CC/C=C/C(=O)NO)[C@@H](O)c1cccc(OCCO)c1. The van der Waals surface area contributed by atoms with Crippen LogP contribution in [0.5, 0.6) is 5.75 Å². The molecule has 1 aromatic rings. The Kier molecular flexibility index (Phi) is 8.21. The highest BCUT2D eigenvalue weighted by molar-refractivity contribution is 5.86. The third-order valence-electron chi connectivity index (χ3n) is 3.27. The normalized spacial score (nSPS) is 13.8. The number of allylic oxidation sites excluding steroid dienone is 1. The summed E-state index contributed by atoms with van der Waals surface area (Å²) in [5.74, 6) is 0.0363. The van der Waals surface area contributed by atoms with E-state index in [9.17, 15) is 9.90 Å². The number of carbonyl (C=O) groups excluding carboxylic acids is 1. The maximum atomic E-state index is 10.8. The number of ether oxygens (including phenoxy) is 1. The van der Waals surface area contributed by atoms with Gasteiger partial charge in [-0.3, -0.25) is 10.0 Å². The van der Waals surface area contributed by atoms with E-state index in [2.05, 4.69) is 0 Å². The van der Waals surface area contributed by atoms with Gasteiger partial charge >= 0.3 is 0 Å². The average molecular weight is 309 g/mol. The number of hydroxylamine groups is 1. The molecule has 22 heavy (non-hydrogen) atoms. The van der Waals surface area contributed by atoms with Crippen LogP contribution < -0.4 is 10.2 Å². The van der Waals surface area contributed by atoms with Crippen molar-refractivity contribution in [2.24, 2.45) is 5.92 Å². The molecule has 1 aromatic carbocycles. The number of amides is 1. The highest BCUT2D eigenvalue weighted by Gasteiger charge is 2.16. The Balaban J connectivity index is 2.53. The van der Waals surface area contributed by atoms with Gasteiger partial charge in [-0.25, -0.2) is 5.48 Å². The Morgan fingerprint density at radius 3 is 2.91 bits per heavy atom. The third-order valence-corrected chi connectivity index (χ3v) is 3.27. The molecule has 6 nitrogen and oxygen atoms in total. The largest absolute Gasteiger partial charge is 0.491 e. The summed E-state index contributed by atoms with van der Waals surface area (Å²) in [6.45, 7) is 2.08. The van der Waals surface area contributed by atoms with Gasteiger partial charge < -0.3 is 14.9 Å². The second-order valence-electron chi connectivity index (χ2n) is 5.02. The molecule has 0 unspecified atom stereocenters. The van der Waals surface area contributed by atoms with Crippen molar-refractivity contribution in [3.63, 3.8) is 0 Å². The lowest BCUT2D eigenvalue weighted by Gasteiger charge is -2.19. The minimum atomic E-state index is -0.641. The number of hydrogen-bond acceptors (Lipinski definition) is 5. The lowest BCUT2D eigenvalue weighted by Crippen LogP contribution is -2.15. The van der Waals surface area contributed by atoms with Crippen LogP contribution in [-0.4, -0.2) is 34.5 Å². The topological polar surface area (TPSA) is 99.0 Å². The van der Waals surface area contributed by atoms with Crippen LogP contribution in [0.2, 0.25) is 0 Å². The lowest BCUT2D eigenvalue weighted by molar-refractivity contribution is -0.124. The van der Waals surface area contributed by atoms with E-state index in [-0.39, 0.29) is 19.1 Å². The van der Waals surface area contributed by atoms with Gasteiger partial charge in [-0.1, -0.05) is 25.1 Å². The van der Waals surface area contributed by atoms with Crippen LogP contribution in [0.15, 0.2) is 36.4 Å². The Bertz CT molecular complexity index is 489. The summed E-state index contributed by atoms with van der Waals surface area (Å²) in [4.78, 5) is 10.8. The van der Waals surface area contributed by atoms with Crippen molar-refractivity contribution >= 4 is 5.91 Å². The molecular weight excluding hydrogens is 286 g/mol. The molecule has 0 saturated carbocycles. The van der Waals surface area contributed by atoms with Crippen molar-refractivity contribution in [2.75, 3.05) is 13.2 Å². The molecule has 0 spiro atoms. The monoisotopic (exact) mass is 309 g/mol. The van der Waals surface area contributed by atoms with Crippen LogP contribution in [0, 0.1) is 5.92 Å². The zero-order valence-corrected chi connectivity index (χ0v) is 12.6.